The lowest BCUT2D eigenvalue weighted by atomic mass is 10.1. The first-order valence-corrected chi connectivity index (χ1v) is 6.30. The van der Waals surface area contributed by atoms with Gasteiger partial charge in [-0.1, -0.05) is 12.1 Å². The molecule has 0 aliphatic carbocycles. The third kappa shape index (κ3) is 3.74. The molecule has 0 aliphatic heterocycles. The van der Waals surface area contributed by atoms with E-state index < -0.39 is 0 Å². The number of benzene rings is 1. The highest BCUT2D eigenvalue weighted by Gasteiger charge is 2.09. The van der Waals surface area contributed by atoms with E-state index in [1.54, 1.807) is 7.11 Å². The molecule has 0 fully saturated rings. The van der Waals surface area contributed by atoms with E-state index in [-0.39, 0.29) is 6.04 Å². The van der Waals surface area contributed by atoms with Crippen LogP contribution in [0.1, 0.15) is 18.0 Å². The van der Waals surface area contributed by atoms with E-state index in [4.69, 9.17) is 10.6 Å². The number of nitrogens with one attached hydrogen (secondary N) is 1. The van der Waals surface area contributed by atoms with Gasteiger partial charge in [0.25, 0.3) is 0 Å². The summed E-state index contributed by atoms with van der Waals surface area (Å²) in [4.78, 5) is 0. The number of ether oxygens (including phenoxy) is 1. The fourth-order valence-electron chi connectivity index (χ4n) is 1.44. The number of methoxy groups -OCH3 is 1. The highest BCUT2D eigenvalue weighted by Crippen LogP contribution is 2.21. The van der Waals surface area contributed by atoms with Crippen molar-refractivity contribution in [2.75, 3.05) is 19.1 Å². The van der Waals surface area contributed by atoms with E-state index >= 15 is 0 Å². The average Bonchev–Trinajstić information content (AvgIpc) is 2.30. The Labute approximate surface area is 95.4 Å². The number of rotatable bonds is 6. The quantitative estimate of drug-likeness (QED) is 0.575. The summed E-state index contributed by atoms with van der Waals surface area (Å²) in [6.07, 6.45) is 3.12. The van der Waals surface area contributed by atoms with Crippen molar-refractivity contribution >= 4 is 11.8 Å². The predicted molar refractivity (Wildman–Crippen MR) is 66.1 cm³/mol. The van der Waals surface area contributed by atoms with Gasteiger partial charge in [0.15, 0.2) is 0 Å². The molecule has 84 valence electrons. The lowest BCUT2D eigenvalue weighted by Gasteiger charge is -2.16. The molecule has 0 bridgehead atoms. The maximum absolute atomic E-state index is 5.54. The molecule has 3 nitrogen and oxygen atoms in total. The van der Waals surface area contributed by atoms with Gasteiger partial charge in [-0.15, -0.1) is 0 Å². The molecular formula is C11H18N2OS. The van der Waals surface area contributed by atoms with Crippen LogP contribution < -0.4 is 16.0 Å². The van der Waals surface area contributed by atoms with Crippen molar-refractivity contribution in [3.8, 4) is 5.75 Å². The molecule has 0 aliphatic rings. The van der Waals surface area contributed by atoms with Crippen LogP contribution >= 0.6 is 11.8 Å². The highest BCUT2D eigenvalue weighted by molar-refractivity contribution is 7.98. The minimum Gasteiger partial charge on any atom is -0.497 e. The average molecular weight is 226 g/mol. The molecule has 1 rings (SSSR count). The molecule has 0 heterocycles. The number of nitrogens with two attached hydrogens (primary N) is 1. The third-order valence-electron chi connectivity index (χ3n) is 2.31. The third-order valence-corrected chi connectivity index (χ3v) is 2.95. The smallest absolute Gasteiger partial charge is 0.119 e. The van der Waals surface area contributed by atoms with Gasteiger partial charge < -0.3 is 4.74 Å². The van der Waals surface area contributed by atoms with Crippen LogP contribution in [0.4, 0.5) is 0 Å². The zero-order valence-corrected chi connectivity index (χ0v) is 10.0. The van der Waals surface area contributed by atoms with Gasteiger partial charge in [-0.25, -0.2) is 0 Å². The molecule has 15 heavy (non-hydrogen) atoms. The van der Waals surface area contributed by atoms with Crippen LogP contribution in [0.2, 0.25) is 0 Å². The van der Waals surface area contributed by atoms with Gasteiger partial charge in [-0.2, -0.15) is 11.8 Å². The van der Waals surface area contributed by atoms with Gasteiger partial charge in [-0.3, -0.25) is 11.3 Å². The summed E-state index contributed by atoms with van der Waals surface area (Å²) in [7, 11) is 1.67. The number of hydrogen-bond acceptors (Lipinski definition) is 4. The van der Waals surface area contributed by atoms with Gasteiger partial charge in [0, 0.05) is 6.04 Å². The van der Waals surface area contributed by atoms with Gasteiger partial charge >= 0.3 is 0 Å². The normalized spacial score (nSPS) is 12.5. The summed E-state index contributed by atoms with van der Waals surface area (Å²) >= 11 is 1.82. The van der Waals surface area contributed by atoms with Crippen LogP contribution in [0.3, 0.4) is 0 Å². The van der Waals surface area contributed by atoms with Crippen LogP contribution in [-0.2, 0) is 0 Å². The molecule has 4 heteroatoms. The Morgan fingerprint density at radius 1 is 1.53 bits per heavy atom. The molecule has 0 saturated heterocycles. The summed E-state index contributed by atoms with van der Waals surface area (Å²) in [5.74, 6) is 7.50. The van der Waals surface area contributed by atoms with Crippen LogP contribution in [-0.4, -0.2) is 19.1 Å². The van der Waals surface area contributed by atoms with E-state index in [1.807, 2.05) is 30.0 Å². The zero-order chi connectivity index (χ0) is 11.1. The maximum Gasteiger partial charge on any atom is 0.119 e. The second kappa shape index (κ2) is 6.71. The van der Waals surface area contributed by atoms with Crippen LogP contribution in [0.5, 0.6) is 5.75 Å². The standard InChI is InChI=1S/C11H18N2OS/c1-14-10-5-3-4-9(8-10)11(13-12)6-7-15-2/h3-5,8,11,13H,6-7,12H2,1-2H3. The van der Waals surface area contributed by atoms with Crippen molar-refractivity contribution in [1.29, 1.82) is 0 Å². The Bertz CT molecular complexity index is 294. The van der Waals surface area contributed by atoms with E-state index in [1.165, 1.54) is 5.56 Å². The van der Waals surface area contributed by atoms with Crippen molar-refractivity contribution in [2.45, 2.75) is 12.5 Å². The van der Waals surface area contributed by atoms with Crippen molar-refractivity contribution in [1.82, 2.24) is 5.43 Å². The van der Waals surface area contributed by atoms with E-state index in [0.29, 0.717) is 0 Å². The Morgan fingerprint density at radius 2 is 2.33 bits per heavy atom. The second-order valence-corrected chi connectivity index (χ2v) is 4.26. The van der Waals surface area contributed by atoms with Crippen molar-refractivity contribution in [3.63, 3.8) is 0 Å². The van der Waals surface area contributed by atoms with Gasteiger partial charge in [-0.05, 0) is 36.1 Å². The molecule has 0 aromatic heterocycles. The zero-order valence-electron chi connectivity index (χ0n) is 9.19. The summed E-state index contributed by atoms with van der Waals surface area (Å²) in [5.41, 5.74) is 4.01. The highest BCUT2D eigenvalue weighted by atomic mass is 32.2. The van der Waals surface area contributed by atoms with E-state index in [9.17, 15) is 0 Å². The SMILES string of the molecule is COc1cccc(C(CCSC)NN)c1. The number of thioether (sulfide) groups is 1. The summed E-state index contributed by atoms with van der Waals surface area (Å²) in [6.45, 7) is 0. The van der Waals surface area contributed by atoms with Crippen molar-refractivity contribution in [3.05, 3.63) is 29.8 Å². The first-order chi connectivity index (χ1) is 7.31. The first kappa shape index (κ1) is 12.4. The minimum absolute atomic E-state index is 0.201. The topological polar surface area (TPSA) is 47.3 Å². The Hall–Kier alpha value is -0.710. The molecule has 1 aromatic carbocycles. The predicted octanol–water partition coefficient (Wildman–Crippen LogP) is 1.95. The largest absolute Gasteiger partial charge is 0.497 e. The molecule has 1 aromatic rings. The van der Waals surface area contributed by atoms with Crippen LogP contribution in [0.25, 0.3) is 0 Å². The number of hydrazine groups is 1. The molecule has 3 N–H and O–H groups in total. The summed E-state index contributed by atoms with van der Waals surface area (Å²) < 4.78 is 5.18. The fraction of sp³-hybridized carbons (Fsp3) is 0.455. The van der Waals surface area contributed by atoms with Gasteiger partial charge in [0.2, 0.25) is 0 Å². The first-order valence-electron chi connectivity index (χ1n) is 4.90. The van der Waals surface area contributed by atoms with Gasteiger partial charge in [0.1, 0.15) is 5.75 Å². The second-order valence-electron chi connectivity index (χ2n) is 3.28. The molecule has 1 unspecified atom stereocenters. The Balaban J connectivity index is 2.72. The fourth-order valence-corrected chi connectivity index (χ4v) is 1.91. The van der Waals surface area contributed by atoms with Crippen LogP contribution in [0, 0.1) is 0 Å². The van der Waals surface area contributed by atoms with Crippen molar-refractivity contribution in [2.24, 2.45) is 5.84 Å². The summed E-state index contributed by atoms with van der Waals surface area (Å²) in [5, 5.41) is 0. The Kier molecular flexibility index (Phi) is 5.53. The Morgan fingerprint density at radius 3 is 2.93 bits per heavy atom. The van der Waals surface area contributed by atoms with Crippen molar-refractivity contribution < 1.29 is 4.74 Å². The van der Waals surface area contributed by atoms with Gasteiger partial charge in [0.05, 0.1) is 7.11 Å². The number of hydrogen-bond donors (Lipinski definition) is 2. The molecule has 0 saturated carbocycles. The summed E-state index contributed by atoms with van der Waals surface area (Å²) in [6, 6.07) is 8.20. The van der Waals surface area contributed by atoms with E-state index in [2.05, 4.69) is 17.7 Å². The molecule has 0 spiro atoms. The maximum atomic E-state index is 5.54. The minimum atomic E-state index is 0.201. The van der Waals surface area contributed by atoms with Crippen LogP contribution in [0.15, 0.2) is 24.3 Å². The lowest BCUT2D eigenvalue weighted by Crippen LogP contribution is -2.28. The molecule has 1 atom stereocenters. The lowest BCUT2D eigenvalue weighted by molar-refractivity contribution is 0.413. The molecule has 0 amide bonds. The molecule has 0 radical (unpaired) electrons. The van der Waals surface area contributed by atoms with E-state index in [0.717, 1.165) is 17.9 Å². The molecular weight excluding hydrogens is 208 g/mol. The monoisotopic (exact) mass is 226 g/mol.